The number of aromatic nitrogens is 2. The van der Waals surface area contributed by atoms with Crippen molar-refractivity contribution in [2.75, 3.05) is 6.54 Å². The van der Waals surface area contributed by atoms with E-state index in [4.69, 9.17) is 4.52 Å². The molecule has 108 valence electrons. The summed E-state index contributed by atoms with van der Waals surface area (Å²) in [6, 6.07) is 11.0. The fourth-order valence-corrected chi connectivity index (χ4v) is 2.30. The summed E-state index contributed by atoms with van der Waals surface area (Å²) >= 11 is 0. The molecule has 0 fully saturated rings. The van der Waals surface area contributed by atoms with Crippen LogP contribution in [0.3, 0.4) is 0 Å². The lowest BCUT2D eigenvalue weighted by Gasteiger charge is -2.21. The number of aryl methyl sites for hydroxylation is 1. The normalized spacial score (nSPS) is 12.8. The van der Waals surface area contributed by atoms with Gasteiger partial charge in [0.15, 0.2) is 5.82 Å². The van der Waals surface area contributed by atoms with Crippen LogP contribution < -0.4 is 5.32 Å². The first kappa shape index (κ1) is 14.7. The van der Waals surface area contributed by atoms with Gasteiger partial charge in [-0.15, -0.1) is 0 Å². The van der Waals surface area contributed by atoms with E-state index in [0.717, 1.165) is 25.2 Å². The SMILES string of the molecule is Cc1nc(CCNC(CC(C)C)c2ccccc2)no1. The third-order valence-corrected chi connectivity index (χ3v) is 3.22. The number of hydrogen-bond donors (Lipinski definition) is 1. The number of nitrogens with one attached hydrogen (secondary N) is 1. The molecule has 0 amide bonds. The lowest BCUT2D eigenvalue weighted by Crippen LogP contribution is -2.25. The van der Waals surface area contributed by atoms with Crippen LogP contribution in [0, 0.1) is 12.8 Å². The van der Waals surface area contributed by atoms with Gasteiger partial charge in [-0.1, -0.05) is 49.3 Å². The van der Waals surface area contributed by atoms with Gasteiger partial charge in [-0.05, 0) is 17.9 Å². The van der Waals surface area contributed by atoms with Crippen molar-refractivity contribution >= 4 is 0 Å². The van der Waals surface area contributed by atoms with Gasteiger partial charge < -0.3 is 9.84 Å². The number of rotatable bonds is 7. The largest absolute Gasteiger partial charge is 0.340 e. The molecule has 4 nitrogen and oxygen atoms in total. The summed E-state index contributed by atoms with van der Waals surface area (Å²) in [4.78, 5) is 4.22. The third kappa shape index (κ3) is 4.46. The molecular formula is C16H23N3O. The Bertz CT molecular complexity index is 507. The minimum absolute atomic E-state index is 0.379. The highest BCUT2D eigenvalue weighted by Gasteiger charge is 2.13. The van der Waals surface area contributed by atoms with Crippen molar-refractivity contribution < 1.29 is 4.52 Å². The molecule has 1 aromatic heterocycles. The first-order valence-corrected chi connectivity index (χ1v) is 7.22. The van der Waals surface area contributed by atoms with Crippen molar-refractivity contribution in [2.45, 2.75) is 39.7 Å². The lowest BCUT2D eigenvalue weighted by atomic mass is 9.97. The van der Waals surface area contributed by atoms with E-state index in [1.807, 2.05) is 6.92 Å². The van der Waals surface area contributed by atoms with Gasteiger partial charge in [-0.2, -0.15) is 4.98 Å². The summed E-state index contributed by atoms with van der Waals surface area (Å²) in [5.74, 6) is 2.05. The molecule has 1 unspecified atom stereocenters. The van der Waals surface area contributed by atoms with Crippen molar-refractivity contribution in [1.82, 2.24) is 15.5 Å². The Balaban J connectivity index is 1.91. The van der Waals surface area contributed by atoms with E-state index in [1.165, 1.54) is 5.56 Å². The van der Waals surface area contributed by atoms with Crippen molar-refractivity contribution in [2.24, 2.45) is 5.92 Å². The van der Waals surface area contributed by atoms with Crippen LogP contribution in [0.25, 0.3) is 0 Å². The molecule has 1 heterocycles. The van der Waals surface area contributed by atoms with E-state index in [0.29, 0.717) is 17.9 Å². The van der Waals surface area contributed by atoms with Crippen LogP contribution in [0.4, 0.5) is 0 Å². The van der Waals surface area contributed by atoms with Gasteiger partial charge >= 0.3 is 0 Å². The van der Waals surface area contributed by atoms with Crippen LogP contribution in [-0.2, 0) is 6.42 Å². The third-order valence-electron chi connectivity index (χ3n) is 3.22. The molecule has 0 bridgehead atoms. The van der Waals surface area contributed by atoms with E-state index in [-0.39, 0.29) is 0 Å². The van der Waals surface area contributed by atoms with E-state index < -0.39 is 0 Å². The quantitative estimate of drug-likeness (QED) is 0.841. The highest BCUT2D eigenvalue weighted by atomic mass is 16.5. The summed E-state index contributed by atoms with van der Waals surface area (Å²) in [5.41, 5.74) is 1.34. The second-order valence-corrected chi connectivity index (χ2v) is 5.53. The first-order chi connectivity index (χ1) is 9.65. The minimum Gasteiger partial charge on any atom is -0.340 e. The molecular weight excluding hydrogens is 250 g/mol. The molecule has 2 aromatic rings. The molecule has 0 aliphatic rings. The second-order valence-electron chi connectivity index (χ2n) is 5.53. The fraction of sp³-hybridized carbons (Fsp3) is 0.500. The van der Waals surface area contributed by atoms with Crippen LogP contribution in [0.5, 0.6) is 0 Å². The average molecular weight is 273 g/mol. The number of hydrogen-bond acceptors (Lipinski definition) is 4. The smallest absolute Gasteiger partial charge is 0.223 e. The van der Waals surface area contributed by atoms with Crippen LogP contribution in [0.15, 0.2) is 34.9 Å². The Morgan fingerprint density at radius 2 is 1.95 bits per heavy atom. The maximum absolute atomic E-state index is 4.98. The molecule has 4 heteroatoms. The molecule has 20 heavy (non-hydrogen) atoms. The van der Waals surface area contributed by atoms with Gasteiger partial charge in [-0.3, -0.25) is 0 Å². The Morgan fingerprint density at radius 3 is 2.55 bits per heavy atom. The minimum atomic E-state index is 0.379. The Hall–Kier alpha value is -1.68. The predicted molar refractivity (Wildman–Crippen MR) is 79.4 cm³/mol. The fourth-order valence-electron chi connectivity index (χ4n) is 2.30. The van der Waals surface area contributed by atoms with Gasteiger partial charge in [0.2, 0.25) is 5.89 Å². The average Bonchev–Trinajstić information content (AvgIpc) is 2.84. The predicted octanol–water partition coefficient (Wildman–Crippen LogP) is 3.30. The van der Waals surface area contributed by atoms with E-state index in [1.54, 1.807) is 0 Å². The van der Waals surface area contributed by atoms with E-state index in [2.05, 4.69) is 59.6 Å². The van der Waals surface area contributed by atoms with Crippen LogP contribution in [0.2, 0.25) is 0 Å². The van der Waals surface area contributed by atoms with Crippen LogP contribution >= 0.6 is 0 Å². The molecule has 0 radical (unpaired) electrons. The van der Waals surface area contributed by atoms with Crippen molar-refractivity contribution in [3.63, 3.8) is 0 Å². The van der Waals surface area contributed by atoms with Gasteiger partial charge in [0.05, 0.1) is 0 Å². The van der Waals surface area contributed by atoms with Gasteiger partial charge in [0, 0.05) is 25.9 Å². The summed E-state index contributed by atoms with van der Waals surface area (Å²) in [6.45, 7) is 7.17. The van der Waals surface area contributed by atoms with Gasteiger partial charge in [0.1, 0.15) is 0 Å². The summed E-state index contributed by atoms with van der Waals surface area (Å²) in [6.07, 6.45) is 1.91. The maximum Gasteiger partial charge on any atom is 0.223 e. The van der Waals surface area contributed by atoms with Crippen molar-refractivity contribution in [1.29, 1.82) is 0 Å². The number of nitrogens with zero attached hydrogens (tertiary/aromatic N) is 2. The standard InChI is InChI=1S/C16H23N3O/c1-12(2)11-15(14-7-5-4-6-8-14)17-10-9-16-18-13(3)20-19-16/h4-8,12,15,17H,9-11H2,1-3H3. The van der Waals surface area contributed by atoms with E-state index >= 15 is 0 Å². The van der Waals surface area contributed by atoms with Crippen molar-refractivity contribution in [3.05, 3.63) is 47.6 Å². The zero-order valence-electron chi connectivity index (χ0n) is 12.5. The summed E-state index contributed by atoms with van der Waals surface area (Å²) in [7, 11) is 0. The van der Waals surface area contributed by atoms with Crippen molar-refractivity contribution in [3.8, 4) is 0 Å². The summed E-state index contributed by atoms with van der Waals surface area (Å²) < 4.78 is 4.98. The molecule has 0 saturated carbocycles. The second kappa shape index (κ2) is 7.20. The molecule has 0 aliphatic carbocycles. The van der Waals surface area contributed by atoms with Gasteiger partial charge in [-0.25, -0.2) is 0 Å². The molecule has 0 aliphatic heterocycles. The first-order valence-electron chi connectivity index (χ1n) is 7.22. The Labute approximate surface area is 120 Å². The Kier molecular flexibility index (Phi) is 5.30. The zero-order valence-corrected chi connectivity index (χ0v) is 12.5. The monoisotopic (exact) mass is 273 g/mol. The lowest BCUT2D eigenvalue weighted by molar-refractivity contribution is 0.384. The highest BCUT2D eigenvalue weighted by Crippen LogP contribution is 2.20. The molecule has 1 aromatic carbocycles. The van der Waals surface area contributed by atoms with E-state index in [9.17, 15) is 0 Å². The zero-order chi connectivity index (χ0) is 14.4. The molecule has 1 atom stereocenters. The summed E-state index contributed by atoms with van der Waals surface area (Å²) in [5, 5.41) is 7.52. The van der Waals surface area contributed by atoms with Crippen LogP contribution in [-0.4, -0.2) is 16.7 Å². The van der Waals surface area contributed by atoms with Crippen LogP contribution in [0.1, 0.15) is 43.6 Å². The maximum atomic E-state index is 4.98. The number of benzene rings is 1. The molecule has 2 rings (SSSR count). The molecule has 0 saturated heterocycles. The topological polar surface area (TPSA) is 51.0 Å². The highest BCUT2D eigenvalue weighted by molar-refractivity contribution is 5.18. The molecule has 0 spiro atoms. The Morgan fingerprint density at radius 1 is 1.20 bits per heavy atom. The molecule has 1 N–H and O–H groups in total. The van der Waals surface area contributed by atoms with Gasteiger partial charge in [0.25, 0.3) is 0 Å².